The third kappa shape index (κ3) is 5.42. The first-order valence-corrected chi connectivity index (χ1v) is 12.5. The molecule has 1 fully saturated rings. The molecule has 0 spiro atoms. The topological polar surface area (TPSA) is 100 Å². The lowest BCUT2D eigenvalue weighted by Crippen LogP contribution is -2.50. The highest BCUT2D eigenvalue weighted by atomic mass is 19.2. The maximum atomic E-state index is 14.2. The number of rotatable bonds is 8. The van der Waals surface area contributed by atoms with Crippen molar-refractivity contribution in [3.63, 3.8) is 0 Å². The second kappa shape index (κ2) is 11.3. The number of aliphatic hydroxyl groups is 1. The summed E-state index contributed by atoms with van der Waals surface area (Å²) in [6.07, 6.45) is 2.81. The van der Waals surface area contributed by atoms with Crippen molar-refractivity contribution < 1.29 is 27.9 Å². The van der Waals surface area contributed by atoms with Crippen molar-refractivity contribution >= 4 is 11.8 Å². The summed E-state index contributed by atoms with van der Waals surface area (Å²) in [4.78, 5) is 28.3. The molecule has 3 atom stereocenters. The fraction of sp³-hybridized carbons (Fsp3) is 0.407. The van der Waals surface area contributed by atoms with Gasteiger partial charge in [-0.05, 0) is 48.9 Å². The molecule has 1 aliphatic rings. The smallest absolute Gasteiger partial charge is 0.248 e. The Morgan fingerprint density at radius 3 is 2.39 bits per heavy atom. The Morgan fingerprint density at radius 2 is 1.79 bits per heavy atom. The maximum absolute atomic E-state index is 14.2. The summed E-state index contributed by atoms with van der Waals surface area (Å²) >= 11 is 0. The van der Waals surface area contributed by atoms with Crippen LogP contribution in [0, 0.1) is 30.3 Å². The predicted octanol–water partition coefficient (Wildman–Crippen LogP) is 3.71. The van der Waals surface area contributed by atoms with E-state index in [4.69, 9.17) is 0 Å². The van der Waals surface area contributed by atoms with Gasteiger partial charge < -0.3 is 15.3 Å². The van der Waals surface area contributed by atoms with Crippen molar-refractivity contribution in [1.29, 1.82) is 0 Å². The van der Waals surface area contributed by atoms with E-state index in [2.05, 4.69) is 15.6 Å². The summed E-state index contributed by atoms with van der Waals surface area (Å²) in [6, 6.07) is 5.18. The average molecular weight is 530 g/mol. The SMILES string of the molecule is Cc1cn(C(C(=O)N2CCCC2C(=O)NC(CO)c2ccc(-c3c(F)ccc(F)c3F)cc2)C(C)C)nn1. The van der Waals surface area contributed by atoms with Gasteiger partial charge >= 0.3 is 0 Å². The molecule has 2 N–H and O–H groups in total. The number of hydrogen-bond acceptors (Lipinski definition) is 5. The molecule has 38 heavy (non-hydrogen) atoms. The van der Waals surface area contributed by atoms with Crippen LogP contribution in [0.4, 0.5) is 13.2 Å². The molecule has 4 rings (SSSR count). The molecule has 0 aliphatic carbocycles. The highest BCUT2D eigenvalue weighted by Gasteiger charge is 2.39. The van der Waals surface area contributed by atoms with Crippen LogP contribution in [0.1, 0.15) is 50.0 Å². The lowest BCUT2D eigenvalue weighted by molar-refractivity contribution is -0.142. The van der Waals surface area contributed by atoms with Gasteiger partial charge in [-0.15, -0.1) is 5.10 Å². The van der Waals surface area contributed by atoms with Crippen molar-refractivity contribution in [2.75, 3.05) is 13.2 Å². The number of halogens is 3. The van der Waals surface area contributed by atoms with E-state index >= 15 is 0 Å². The van der Waals surface area contributed by atoms with Crippen LogP contribution in [0.25, 0.3) is 11.1 Å². The van der Waals surface area contributed by atoms with Crippen LogP contribution in [0.2, 0.25) is 0 Å². The van der Waals surface area contributed by atoms with Gasteiger partial charge in [0.25, 0.3) is 0 Å². The number of aromatic nitrogens is 3. The average Bonchev–Trinajstić information content (AvgIpc) is 3.55. The minimum Gasteiger partial charge on any atom is -0.394 e. The van der Waals surface area contributed by atoms with E-state index in [0.717, 1.165) is 6.07 Å². The maximum Gasteiger partial charge on any atom is 0.248 e. The number of carbonyl (C=O) groups is 2. The van der Waals surface area contributed by atoms with Crippen molar-refractivity contribution in [3.8, 4) is 11.1 Å². The number of nitrogens with one attached hydrogen (secondary N) is 1. The van der Waals surface area contributed by atoms with E-state index in [0.29, 0.717) is 36.7 Å². The number of likely N-dealkylation sites (tertiary alicyclic amines) is 1. The molecular formula is C27H30F3N5O3. The third-order valence-electron chi connectivity index (χ3n) is 6.78. The Morgan fingerprint density at radius 1 is 1.11 bits per heavy atom. The summed E-state index contributed by atoms with van der Waals surface area (Å²) in [7, 11) is 0. The minimum absolute atomic E-state index is 0.0932. The second-order valence-electron chi connectivity index (χ2n) is 9.80. The van der Waals surface area contributed by atoms with Crippen LogP contribution in [0.3, 0.4) is 0 Å². The van der Waals surface area contributed by atoms with E-state index < -0.39 is 53.7 Å². The van der Waals surface area contributed by atoms with E-state index in [1.54, 1.807) is 18.0 Å². The number of carbonyl (C=O) groups excluding carboxylic acids is 2. The fourth-order valence-electron chi connectivity index (χ4n) is 4.85. The van der Waals surface area contributed by atoms with Gasteiger partial charge in [-0.3, -0.25) is 9.59 Å². The highest BCUT2D eigenvalue weighted by Crippen LogP contribution is 2.30. The van der Waals surface area contributed by atoms with Gasteiger partial charge in [0.05, 0.1) is 23.9 Å². The summed E-state index contributed by atoms with van der Waals surface area (Å²) in [5, 5.41) is 20.8. The van der Waals surface area contributed by atoms with E-state index in [1.807, 2.05) is 13.8 Å². The standard InChI is InChI=1S/C27H30F3N5O3/c1-15(2)25(35-13-16(3)32-33-35)27(38)34-12-4-5-22(34)26(37)31-21(14-36)17-6-8-18(9-7-17)23-19(28)10-11-20(29)24(23)30/h6-11,13,15,21-22,25,36H,4-5,12,14H2,1-3H3,(H,31,37). The predicted molar refractivity (Wildman–Crippen MR) is 133 cm³/mol. The molecule has 1 saturated heterocycles. The molecule has 0 bridgehead atoms. The van der Waals surface area contributed by atoms with Crippen molar-refractivity contribution in [2.45, 2.75) is 51.7 Å². The lowest BCUT2D eigenvalue weighted by atomic mass is 9.99. The number of benzene rings is 2. The van der Waals surface area contributed by atoms with Crippen molar-refractivity contribution in [3.05, 3.63) is 71.3 Å². The monoisotopic (exact) mass is 529 g/mol. The lowest BCUT2D eigenvalue weighted by Gasteiger charge is -2.30. The first-order chi connectivity index (χ1) is 18.1. The molecule has 8 nitrogen and oxygen atoms in total. The molecule has 11 heteroatoms. The Hall–Kier alpha value is -3.73. The summed E-state index contributed by atoms with van der Waals surface area (Å²) < 4.78 is 43.5. The van der Waals surface area contributed by atoms with Crippen molar-refractivity contribution in [1.82, 2.24) is 25.2 Å². The molecule has 1 aromatic heterocycles. The summed E-state index contributed by atoms with van der Waals surface area (Å²) in [5.74, 6) is -4.11. The third-order valence-corrected chi connectivity index (χ3v) is 6.78. The van der Waals surface area contributed by atoms with E-state index in [1.165, 1.54) is 28.9 Å². The zero-order chi connectivity index (χ0) is 27.6. The Kier molecular flexibility index (Phi) is 8.15. The molecule has 2 heterocycles. The molecule has 0 radical (unpaired) electrons. The number of nitrogens with zero attached hydrogens (tertiary/aromatic N) is 4. The number of hydrogen-bond donors (Lipinski definition) is 2. The van der Waals surface area contributed by atoms with E-state index in [-0.39, 0.29) is 17.4 Å². The van der Waals surface area contributed by atoms with Crippen LogP contribution in [0.15, 0.2) is 42.6 Å². The Balaban J connectivity index is 1.50. The molecular weight excluding hydrogens is 499 g/mol. The van der Waals surface area contributed by atoms with Gasteiger partial charge in [-0.25, -0.2) is 17.9 Å². The van der Waals surface area contributed by atoms with Gasteiger partial charge in [-0.1, -0.05) is 43.3 Å². The van der Waals surface area contributed by atoms with Gasteiger partial charge in [-0.2, -0.15) is 0 Å². The molecule has 0 saturated carbocycles. The number of amides is 2. The second-order valence-corrected chi connectivity index (χ2v) is 9.80. The normalized spacial score (nSPS) is 17.1. The molecule has 1 aliphatic heterocycles. The summed E-state index contributed by atoms with van der Waals surface area (Å²) in [6.45, 7) is 5.55. The van der Waals surface area contributed by atoms with Crippen LogP contribution < -0.4 is 5.32 Å². The van der Waals surface area contributed by atoms with E-state index in [9.17, 15) is 27.9 Å². The molecule has 3 unspecified atom stereocenters. The minimum atomic E-state index is -1.29. The number of aliphatic hydroxyl groups excluding tert-OH is 1. The van der Waals surface area contributed by atoms with Crippen LogP contribution in [0.5, 0.6) is 0 Å². The molecule has 2 aromatic carbocycles. The van der Waals surface area contributed by atoms with Crippen LogP contribution in [-0.2, 0) is 9.59 Å². The van der Waals surface area contributed by atoms with Gasteiger partial charge in [0.2, 0.25) is 11.8 Å². The van der Waals surface area contributed by atoms with Gasteiger partial charge in [0.1, 0.15) is 17.9 Å². The Bertz CT molecular complexity index is 1310. The quantitative estimate of drug-likeness (QED) is 0.434. The Labute approximate surface area is 218 Å². The first kappa shape index (κ1) is 27.3. The highest BCUT2D eigenvalue weighted by molar-refractivity contribution is 5.90. The van der Waals surface area contributed by atoms with Gasteiger partial charge in [0.15, 0.2) is 11.6 Å². The molecule has 2 amide bonds. The zero-order valence-corrected chi connectivity index (χ0v) is 21.4. The zero-order valence-electron chi connectivity index (χ0n) is 21.4. The van der Waals surface area contributed by atoms with Gasteiger partial charge in [0, 0.05) is 12.7 Å². The first-order valence-electron chi connectivity index (χ1n) is 12.5. The fourth-order valence-corrected chi connectivity index (χ4v) is 4.85. The summed E-state index contributed by atoms with van der Waals surface area (Å²) in [5.41, 5.74) is 0.778. The van der Waals surface area contributed by atoms with Crippen molar-refractivity contribution in [2.24, 2.45) is 5.92 Å². The van der Waals surface area contributed by atoms with Crippen LogP contribution in [-0.4, -0.2) is 56.0 Å². The molecule has 202 valence electrons. The molecule has 3 aromatic rings. The largest absolute Gasteiger partial charge is 0.394 e. The number of aryl methyl sites for hydroxylation is 1. The van der Waals surface area contributed by atoms with Crippen LogP contribution >= 0.6 is 0 Å².